The first-order valence-corrected chi connectivity index (χ1v) is 7.08. The quantitative estimate of drug-likeness (QED) is 0.690. The van der Waals surface area contributed by atoms with E-state index in [1.807, 2.05) is 27.7 Å². The Labute approximate surface area is 129 Å². The fourth-order valence-corrected chi connectivity index (χ4v) is 1.81. The molecule has 1 aromatic rings. The predicted octanol–water partition coefficient (Wildman–Crippen LogP) is 3.02. The number of hydrogen-bond acceptors (Lipinski definition) is 6. The number of cyclic esters (lactones) is 2. The van der Waals surface area contributed by atoms with Crippen LogP contribution in [0.25, 0.3) is 0 Å². The molecule has 0 fully saturated rings. The van der Waals surface area contributed by atoms with Crippen LogP contribution in [-0.2, 0) is 9.47 Å². The second-order valence-corrected chi connectivity index (χ2v) is 6.52. The smallest absolute Gasteiger partial charge is 0.339 e. The SMILES string of the molecule is CC1(C)COC(=O)c2ccccc2C(=O)OCC(C)(C)N=N1. The Bertz CT molecular complexity index is 567. The zero-order valence-electron chi connectivity index (χ0n) is 13.3. The van der Waals surface area contributed by atoms with Crippen LogP contribution < -0.4 is 0 Å². The number of esters is 2. The van der Waals surface area contributed by atoms with Crippen molar-refractivity contribution in [2.45, 2.75) is 38.8 Å². The summed E-state index contributed by atoms with van der Waals surface area (Å²) in [4.78, 5) is 24.4. The van der Waals surface area contributed by atoms with Gasteiger partial charge in [0.2, 0.25) is 0 Å². The summed E-state index contributed by atoms with van der Waals surface area (Å²) in [6.07, 6.45) is 0. The lowest BCUT2D eigenvalue weighted by Gasteiger charge is -2.24. The predicted molar refractivity (Wildman–Crippen MR) is 80.0 cm³/mol. The maximum Gasteiger partial charge on any atom is 0.339 e. The van der Waals surface area contributed by atoms with Crippen molar-refractivity contribution in [3.63, 3.8) is 0 Å². The first-order valence-electron chi connectivity index (χ1n) is 7.08. The number of ether oxygens (including phenoxy) is 2. The molecule has 22 heavy (non-hydrogen) atoms. The standard InChI is InChI=1S/C16H20N2O4/c1-15(2)9-21-13(19)11-7-5-6-8-12(11)14(20)22-10-16(3,4)18-17-15/h5-8H,9-10H2,1-4H3. The molecular formula is C16H20N2O4. The van der Waals surface area contributed by atoms with Gasteiger partial charge in [0.15, 0.2) is 0 Å². The van der Waals surface area contributed by atoms with Crippen LogP contribution >= 0.6 is 0 Å². The fraction of sp³-hybridized carbons (Fsp3) is 0.500. The normalized spacial score (nSPS) is 20.9. The molecule has 2 rings (SSSR count). The molecule has 0 bridgehead atoms. The molecule has 0 unspecified atom stereocenters. The fourth-order valence-electron chi connectivity index (χ4n) is 1.81. The van der Waals surface area contributed by atoms with Crippen LogP contribution in [0, 0.1) is 0 Å². The molecule has 1 aliphatic rings. The molecule has 1 aliphatic heterocycles. The number of rotatable bonds is 0. The Morgan fingerprint density at radius 1 is 0.818 bits per heavy atom. The van der Waals surface area contributed by atoms with E-state index in [9.17, 15) is 9.59 Å². The summed E-state index contributed by atoms with van der Waals surface area (Å²) in [6.45, 7) is 7.45. The molecule has 0 radical (unpaired) electrons. The monoisotopic (exact) mass is 304 g/mol. The zero-order valence-corrected chi connectivity index (χ0v) is 13.3. The van der Waals surface area contributed by atoms with Crippen LogP contribution in [0.2, 0.25) is 0 Å². The number of carbonyl (C=O) groups is 2. The van der Waals surface area contributed by atoms with Crippen molar-refractivity contribution in [2.24, 2.45) is 10.2 Å². The third-order valence-corrected chi connectivity index (χ3v) is 3.07. The van der Waals surface area contributed by atoms with Gasteiger partial charge in [-0.15, -0.1) is 0 Å². The maximum atomic E-state index is 12.2. The van der Waals surface area contributed by atoms with Gasteiger partial charge < -0.3 is 9.47 Å². The summed E-state index contributed by atoms with van der Waals surface area (Å²) in [5, 5.41) is 8.43. The highest BCUT2D eigenvalue weighted by Crippen LogP contribution is 2.20. The summed E-state index contributed by atoms with van der Waals surface area (Å²) in [7, 11) is 0. The first kappa shape index (κ1) is 16.1. The Morgan fingerprint density at radius 2 is 1.18 bits per heavy atom. The highest BCUT2D eigenvalue weighted by Gasteiger charge is 2.28. The number of hydrogen-bond donors (Lipinski definition) is 0. The van der Waals surface area contributed by atoms with Gasteiger partial charge in [-0.05, 0) is 39.8 Å². The van der Waals surface area contributed by atoms with Gasteiger partial charge in [0.25, 0.3) is 0 Å². The number of nitrogens with zero attached hydrogens (tertiary/aromatic N) is 2. The molecule has 0 aliphatic carbocycles. The molecule has 0 saturated heterocycles. The van der Waals surface area contributed by atoms with Gasteiger partial charge in [-0.2, -0.15) is 10.2 Å². The van der Waals surface area contributed by atoms with E-state index in [1.165, 1.54) is 0 Å². The van der Waals surface area contributed by atoms with E-state index in [4.69, 9.17) is 9.47 Å². The topological polar surface area (TPSA) is 77.3 Å². The van der Waals surface area contributed by atoms with E-state index in [-0.39, 0.29) is 24.3 Å². The summed E-state index contributed by atoms with van der Waals surface area (Å²) >= 11 is 0. The second-order valence-electron chi connectivity index (χ2n) is 6.52. The Morgan fingerprint density at radius 3 is 1.55 bits per heavy atom. The molecule has 0 spiro atoms. The molecule has 6 heteroatoms. The molecule has 0 N–H and O–H groups in total. The lowest BCUT2D eigenvalue weighted by molar-refractivity contribution is 0.0356. The zero-order chi connectivity index (χ0) is 16.4. The molecule has 1 heterocycles. The minimum Gasteiger partial charge on any atom is -0.459 e. The Balaban J connectivity index is 2.40. The average molecular weight is 304 g/mol. The van der Waals surface area contributed by atoms with Crippen LogP contribution in [0.4, 0.5) is 0 Å². The number of benzene rings is 1. The minimum absolute atomic E-state index is 0.0782. The lowest BCUT2D eigenvalue weighted by Crippen LogP contribution is -2.31. The first-order chi connectivity index (χ1) is 10.2. The van der Waals surface area contributed by atoms with Gasteiger partial charge in [-0.1, -0.05) is 12.1 Å². The molecule has 1 aromatic carbocycles. The van der Waals surface area contributed by atoms with E-state index in [0.29, 0.717) is 0 Å². The molecule has 0 saturated carbocycles. The van der Waals surface area contributed by atoms with Crippen LogP contribution in [0.15, 0.2) is 34.5 Å². The van der Waals surface area contributed by atoms with E-state index in [0.717, 1.165) is 0 Å². The molecule has 0 atom stereocenters. The molecule has 6 nitrogen and oxygen atoms in total. The Hall–Kier alpha value is -2.24. The van der Waals surface area contributed by atoms with Crippen molar-refractivity contribution < 1.29 is 19.1 Å². The van der Waals surface area contributed by atoms with Crippen molar-refractivity contribution in [1.82, 2.24) is 0 Å². The van der Waals surface area contributed by atoms with Crippen LogP contribution in [-0.4, -0.2) is 36.2 Å². The van der Waals surface area contributed by atoms with Gasteiger partial charge in [-0.25, -0.2) is 9.59 Å². The van der Waals surface area contributed by atoms with Crippen molar-refractivity contribution in [2.75, 3.05) is 13.2 Å². The largest absolute Gasteiger partial charge is 0.459 e. The molecule has 0 aromatic heterocycles. The summed E-state index contributed by atoms with van der Waals surface area (Å²) in [6, 6.07) is 6.44. The second kappa shape index (κ2) is 5.87. The number of carbonyl (C=O) groups excluding carboxylic acids is 2. The lowest BCUT2D eigenvalue weighted by atomic mass is 10.1. The molecule has 118 valence electrons. The van der Waals surface area contributed by atoms with Crippen molar-refractivity contribution in [3.8, 4) is 0 Å². The van der Waals surface area contributed by atoms with E-state index < -0.39 is 23.0 Å². The summed E-state index contributed by atoms with van der Waals surface area (Å²) in [5.41, 5.74) is -0.909. The van der Waals surface area contributed by atoms with E-state index in [2.05, 4.69) is 10.2 Å². The van der Waals surface area contributed by atoms with Gasteiger partial charge in [0.1, 0.15) is 24.3 Å². The van der Waals surface area contributed by atoms with Gasteiger partial charge in [0, 0.05) is 0 Å². The molecular weight excluding hydrogens is 284 g/mol. The minimum atomic E-state index is -0.648. The van der Waals surface area contributed by atoms with Crippen molar-refractivity contribution in [1.29, 1.82) is 0 Å². The Kier molecular flexibility index (Phi) is 4.30. The van der Waals surface area contributed by atoms with Gasteiger partial charge in [-0.3, -0.25) is 0 Å². The maximum absolute atomic E-state index is 12.2. The summed E-state index contributed by atoms with van der Waals surface area (Å²) < 4.78 is 10.5. The van der Waals surface area contributed by atoms with Crippen LogP contribution in [0.3, 0.4) is 0 Å². The highest BCUT2D eigenvalue weighted by atomic mass is 16.5. The number of fused-ring (bicyclic) bond motifs is 1. The van der Waals surface area contributed by atoms with Crippen molar-refractivity contribution in [3.05, 3.63) is 35.4 Å². The van der Waals surface area contributed by atoms with Crippen LogP contribution in [0.5, 0.6) is 0 Å². The van der Waals surface area contributed by atoms with E-state index in [1.54, 1.807) is 24.3 Å². The third-order valence-electron chi connectivity index (χ3n) is 3.07. The van der Waals surface area contributed by atoms with Gasteiger partial charge >= 0.3 is 11.9 Å². The van der Waals surface area contributed by atoms with Crippen molar-refractivity contribution >= 4 is 11.9 Å². The van der Waals surface area contributed by atoms with E-state index >= 15 is 0 Å². The van der Waals surface area contributed by atoms with Crippen LogP contribution in [0.1, 0.15) is 48.4 Å². The number of azo groups is 1. The molecule has 0 amide bonds. The highest BCUT2D eigenvalue weighted by molar-refractivity contribution is 6.03. The summed E-state index contributed by atoms with van der Waals surface area (Å²) in [5.74, 6) is -1.15. The third kappa shape index (κ3) is 3.90. The average Bonchev–Trinajstić information content (AvgIpc) is 2.48. The van der Waals surface area contributed by atoms with Gasteiger partial charge in [0.05, 0.1) is 11.1 Å².